The number of aliphatic hydroxyl groups is 1. The first-order valence-corrected chi connectivity index (χ1v) is 11.4. The van der Waals surface area contributed by atoms with Crippen LogP contribution < -0.4 is 4.72 Å². The fourth-order valence-electron chi connectivity index (χ4n) is 3.23. The summed E-state index contributed by atoms with van der Waals surface area (Å²) in [6.07, 6.45) is 0. The van der Waals surface area contributed by atoms with Gasteiger partial charge in [-0.1, -0.05) is 36.0 Å². The lowest BCUT2D eigenvalue weighted by molar-refractivity contribution is 0.0979. The number of rotatable bonds is 6. The summed E-state index contributed by atoms with van der Waals surface area (Å²) in [7, 11) is -3.67. The zero-order chi connectivity index (χ0) is 21.3. The van der Waals surface area contributed by atoms with E-state index in [4.69, 9.17) is 5.11 Å². The summed E-state index contributed by atoms with van der Waals surface area (Å²) in [5, 5.41) is 8.78. The Morgan fingerprint density at radius 2 is 1.33 bits per heavy atom. The van der Waals surface area contributed by atoms with E-state index in [1.165, 1.54) is 23.9 Å². The molecule has 8 heteroatoms. The first kappa shape index (κ1) is 20.5. The molecule has 0 unspecified atom stereocenters. The highest BCUT2D eigenvalue weighted by Gasteiger charge is 2.29. The molecule has 4 rings (SSSR count). The normalized spacial score (nSPS) is 13.1. The molecule has 3 aromatic rings. The highest BCUT2D eigenvalue weighted by Crippen LogP contribution is 2.33. The van der Waals surface area contributed by atoms with Crippen LogP contribution in [0.1, 0.15) is 31.8 Å². The second-order valence-electron chi connectivity index (χ2n) is 6.61. The minimum atomic E-state index is -3.67. The Labute approximate surface area is 178 Å². The lowest BCUT2D eigenvalue weighted by atomic mass is 9.84. The average Bonchev–Trinajstić information content (AvgIpc) is 2.76. The van der Waals surface area contributed by atoms with Crippen molar-refractivity contribution in [2.75, 3.05) is 13.2 Å². The first-order valence-electron chi connectivity index (χ1n) is 9.11. The number of benzene rings is 3. The van der Waals surface area contributed by atoms with Crippen molar-refractivity contribution >= 4 is 33.4 Å². The van der Waals surface area contributed by atoms with Crippen LogP contribution in [-0.4, -0.2) is 38.2 Å². The standard InChI is InChI=1S/C22H17NO5S2/c24-12-11-23-30(27,28)16-8-5-14(6-9-16)29-15-7-10-19-20(13-15)22(26)18-4-2-1-3-17(18)21(19)25/h1-10,13,23-24H,11-12H2. The van der Waals surface area contributed by atoms with Gasteiger partial charge in [0.2, 0.25) is 10.0 Å². The summed E-state index contributed by atoms with van der Waals surface area (Å²) >= 11 is 1.36. The zero-order valence-corrected chi connectivity index (χ0v) is 17.3. The smallest absolute Gasteiger partial charge is 0.240 e. The Kier molecular flexibility index (Phi) is 5.57. The average molecular weight is 440 g/mol. The molecule has 0 bridgehead atoms. The molecule has 6 nitrogen and oxygen atoms in total. The summed E-state index contributed by atoms with van der Waals surface area (Å²) in [6, 6.07) is 18.2. The minimum absolute atomic E-state index is 0.0517. The van der Waals surface area contributed by atoms with E-state index in [1.807, 2.05) is 0 Å². The predicted octanol–water partition coefficient (Wildman–Crippen LogP) is 2.88. The van der Waals surface area contributed by atoms with Gasteiger partial charge in [-0.25, -0.2) is 13.1 Å². The first-order chi connectivity index (χ1) is 14.4. The maximum Gasteiger partial charge on any atom is 0.240 e. The van der Waals surface area contributed by atoms with Crippen LogP contribution in [0.15, 0.2) is 81.4 Å². The molecular weight excluding hydrogens is 422 g/mol. The number of carbonyl (C=O) groups is 2. The summed E-state index contributed by atoms with van der Waals surface area (Å²) in [4.78, 5) is 27.2. The largest absolute Gasteiger partial charge is 0.395 e. The van der Waals surface area contributed by atoms with Gasteiger partial charge in [-0.2, -0.15) is 0 Å². The molecule has 0 saturated carbocycles. The fraction of sp³-hybridized carbons (Fsp3) is 0.0909. The maximum absolute atomic E-state index is 12.8. The summed E-state index contributed by atoms with van der Waals surface area (Å²) < 4.78 is 26.5. The van der Waals surface area contributed by atoms with Gasteiger partial charge in [0, 0.05) is 38.6 Å². The monoisotopic (exact) mass is 439 g/mol. The van der Waals surface area contributed by atoms with Gasteiger partial charge in [0.15, 0.2) is 11.6 Å². The van der Waals surface area contributed by atoms with Crippen molar-refractivity contribution in [2.24, 2.45) is 0 Å². The molecule has 0 fully saturated rings. The van der Waals surface area contributed by atoms with Gasteiger partial charge >= 0.3 is 0 Å². The van der Waals surface area contributed by atoms with Crippen molar-refractivity contribution < 1.29 is 23.1 Å². The molecule has 0 aliphatic heterocycles. The number of fused-ring (bicyclic) bond motifs is 2. The lowest BCUT2D eigenvalue weighted by Gasteiger charge is -2.18. The molecule has 30 heavy (non-hydrogen) atoms. The van der Waals surface area contributed by atoms with Gasteiger partial charge in [0.05, 0.1) is 11.5 Å². The third-order valence-corrected chi connectivity index (χ3v) is 7.14. The number of hydrogen-bond donors (Lipinski definition) is 2. The molecule has 152 valence electrons. The number of hydrogen-bond acceptors (Lipinski definition) is 6. The van der Waals surface area contributed by atoms with Crippen LogP contribution in [0.25, 0.3) is 0 Å². The van der Waals surface area contributed by atoms with Gasteiger partial charge < -0.3 is 5.11 Å². The molecule has 0 heterocycles. The summed E-state index contributed by atoms with van der Waals surface area (Å²) in [5.41, 5.74) is 1.58. The summed E-state index contributed by atoms with van der Waals surface area (Å²) in [5.74, 6) is -0.347. The number of aliphatic hydroxyl groups excluding tert-OH is 1. The van der Waals surface area contributed by atoms with E-state index in [0.717, 1.165) is 9.79 Å². The van der Waals surface area contributed by atoms with Crippen LogP contribution in [0.3, 0.4) is 0 Å². The highest BCUT2D eigenvalue weighted by atomic mass is 32.2. The van der Waals surface area contributed by atoms with E-state index in [9.17, 15) is 18.0 Å². The van der Waals surface area contributed by atoms with Crippen LogP contribution in [0.4, 0.5) is 0 Å². The molecule has 0 amide bonds. The second kappa shape index (κ2) is 8.16. The van der Waals surface area contributed by atoms with E-state index in [1.54, 1.807) is 54.6 Å². The van der Waals surface area contributed by atoms with Gasteiger partial charge in [0.1, 0.15) is 0 Å². The Morgan fingerprint density at radius 3 is 1.97 bits per heavy atom. The van der Waals surface area contributed by atoms with Crippen molar-refractivity contribution in [2.45, 2.75) is 14.7 Å². The van der Waals surface area contributed by atoms with Crippen LogP contribution in [0.5, 0.6) is 0 Å². The Morgan fingerprint density at radius 1 is 0.767 bits per heavy atom. The number of carbonyl (C=O) groups excluding carboxylic acids is 2. The van der Waals surface area contributed by atoms with E-state index in [2.05, 4.69) is 4.72 Å². The van der Waals surface area contributed by atoms with Crippen molar-refractivity contribution in [3.8, 4) is 0 Å². The molecule has 2 N–H and O–H groups in total. The third-order valence-electron chi connectivity index (χ3n) is 4.67. The van der Waals surface area contributed by atoms with Crippen molar-refractivity contribution in [3.63, 3.8) is 0 Å². The molecule has 1 aliphatic rings. The fourth-order valence-corrected chi connectivity index (χ4v) is 5.11. The van der Waals surface area contributed by atoms with Crippen LogP contribution in [0, 0.1) is 0 Å². The van der Waals surface area contributed by atoms with E-state index in [0.29, 0.717) is 22.3 Å². The van der Waals surface area contributed by atoms with Gasteiger partial charge in [0.25, 0.3) is 0 Å². The third kappa shape index (κ3) is 3.82. The minimum Gasteiger partial charge on any atom is -0.395 e. The van der Waals surface area contributed by atoms with Crippen LogP contribution in [0.2, 0.25) is 0 Å². The van der Waals surface area contributed by atoms with Gasteiger partial charge in [-0.3, -0.25) is 9.59 Å². The zero-order valence-electron chi connectivity index (χ0n) is 15.7. The molecule has 0 saturated heterocycles. The molecule has 0 atom stereocenters. The van der Waals surface area contributed by atoms with Crippen molar-refractivity contribution in [1.82, 2.24) is 4.72 Å². The predicted molar refractivity (Wildman–Crippen MR) is 113 cm³/mol. The Bertz CT molecular complexity index is 1250. The number of nitrogens with one attached hydrogen (secondary N) is 1. The molecule has 0 aromatic heterocycles. The molecule has 1 aliphatic carbocycles. The molecule has 0 spiro atoms. The quantitative estimate of drug-likeness (QED) is 0.479. The topological polar surface area (TPSA) is 101 Å². The van der Waals surface area contributed by atoms with E-state index in [-0.39, 0.29) is 29.6 Å². The Balaban J connectivity index is 1.59. The lowest BCUT2D eigenvalue weighted by Crippen LogP contribution is -2.26. The molecule has 3 aromatic carbocycles. The van der Waals surface area contributed by atoms with E-state index < -0.39 is 10.0 Å². The van der Waals surface area contributed by atoms with E-state index >= 15 is 0 Å². The highest BCUT2D eigenvalue weighted by molar-refractivity contribution is 7.99. The SMILES string of the molecule is O=C1c2ccccc2C(=O)c2cc(Sc3ccc(S(=O)(=O)NCCO)cc3)ccc21. The number of sulfonamides is 1. The second-order valence-corrected chi connectivity index (χ2v) is 9.52. The number of ketones is 2. The van der Waals surface area contributed by atoms with Crippen LogP contribution >= 0.6 is 11.8 Å². The van der Waals surface area contributed by atoms with Crippen LogP contribution in [-0.2, 0) is 10.0 Å². The maximum atomic E-state index is 12.8. The molecular formula is C22H17NO5S2. The Hall–Kier alpha value is -2.78. The van der Waals surface area contributed by atoms with Crippen molar-refractivity contribution in [1.29, 1.82) is 0 Å². The van der Waals surface area contributed by atoms with Gasteiger partial charge in [-0.15, -0.1) is 0 Å². The molecule has 0 radical (unpaired) electrons. The van der Waals surface area contributed by atoms with Crippen molar-refractivity contribution in [3.05, 3.63) is 89.0 Å². The van der Waals surface area contributed by atoms with Gasteiger partial charge in [-0.05, 0) is 42.5 Å². The summed E-state index contributed by atoms with van der Waals surface area (Å²) in [6.45, 7) is -0.332.